The van der Waals surface area contributed by atoms with Gasteiger partial charge in [0.25, 0.3) is 0 Å². The van der Waals surface area contributed by atoms with Crippen LogP contribution in [-0.4, -0.2) is 6.54 Å². The third-order valence-electron chi connectivity index (χ3n) is 2.48. The van der Waals surface area contributed by atoms with Crippen molar-refractivity contribution >= 4 is 27.5 Å². The average Bonchev–Trinajstić information content (AvgIpc) is 2.96. The second-order valence-electron chi connectivity index (χ2n) is 3.79. The first-order chi connectivity index (χ1) is 6.77. The summed E-state index contributed by atoms with van der Waals surface area (Å²) in [6.45, 7) is 2.00. The van der Waals surface area contributed by atoms with E-state index in [1.807, 2.05) is 12.1 Å². The molecule has 0 radical (unpaired) electrons. The fraction of sp³-hybridized carbons (Fsp3) is 0.455. The summed E-state index contributed by atoms with van der Waals surface area (Å²) >= 11 is 9.56. The Morgan fingerprint density at radius 1 is 1.43 bits per heavy atom. The Hall–Kier alpha value is -0.0500. The summed E-state index contributed by atoms with van der Waals surface area (Å²) in [7, 11) is 0. The van der Waals surface area contributed by atoms with Crippen molar-refractivity contribution in [2.45, 2.75) is 19.4 Å². The first kappa shape index (κ1) is 10.5. The third kappa shape index (κ3) is 2.72. The van der Waals surface area contributed by atoms with Gasteiger partial charge in [0, 0.05) is 11.0 Å². The Morgan fingerprint density at radius 2 is 2.21 bits per heavy atom. The molecule has 0 bridgehead atoms. The van der Waals surface area contributed by atoms with Gasteiger partial charge in [-0.1, -0.05) is 23.7 Å². The topological polar surface area (TPSA) is 12.0 Å². The summed E-state index contributed by atoms with van der Waals surface area (Å²) in [5.74, 6) is 0.918. The maximum Gasteiger partial charge on any atom is 0.0592 e. The molecule has 0 saturated heterocycles. The number of halogens is 2. The number of nitrogens with one attached hydrogen (secondary N) is 1. The zero-order valence-electron chi connectivity index (χ0n) is 7.89. The molecule has 1 aliphatic rings. The molecule has 1 saturated carbocycles. The number of hydrogen-bond acceptors (Lipinski definition) is 1. The Kier molecular flexibility index (Phi) is 3.47. The zero-order valence-corrected chi connectivity index (χ0v) is 10.2. The number of rotatable bonds is 4. The van der Waals surface area contributed by atoms with E-state index < -0.39 is 0 Å². The van der Waals surface area contributed by atoms with Crippen LogP contribution in [0.2, 0.25) is 5.02 Å². The first-order valence-electron chi connectivity index (χ1n) is 4.91. The molecule has 0 aromatic heterocycles. The van der Waals surface area contributed by atoms with Crippen molar-refractivity contribution in [2.75, 3.05) is 6.54 Å². The van der Waals surface area contributed by atoms with Crippen LogP contribution in [0.5, 0.6) is 0 Å². The predicted molar refractivity (Wildman–Crippen MR) is 63.6 cm³/mol. The highest BCUT2D eigenvalue weighted by molar-refractivity contribution is 9.10. The van der Waals surface area contributed by atoms with Crippen molar-refractivity contribution in [1.29, 1.82) is 0 Å². The van der Waals surface area contributed by atoms with Crippen LogP contribution in [0.4, 0.5) is 0 Å². The van der Waals surface area contributed by atoms with Crippen LogP contribution in [-0.2, 0) is 6.54 Å². The summed E-state index contributed by atoms with van der Waals surface area (Å²) in [5.41, 5.74) is 1.17. The van der Waals surface area contributed by atoms with Crippen molar-refractivity contribution in [1.82, 2.24) is 5.32 Å². The third-order valence-corrected chi connectivity index (χ3v) is 3.81. The van der Waals surface area contributed by atoms with Crippen LogP contribution in [0, 0.1) is 5.92 Å². The van der Waals surface area contributed by atoms with Gasteiger partial charge in [0.2, 0.25) is 0 Å². The van der Waals surface area contributed by atoms with Crippen molar-refractivity contribution < 1.29 is 0 Å². The molecule has 0 atom stereocenters. The van der Waals surface area contributed by atoms with E-state index in [0.717, 1.165) is 28.5 Å². The van der Waals surface area contributed by atoms with Crippen molar-refractivity contribution in [3.05, 3.63) is 33.3 Å². The number of hydrogen-bond donors (Lipinski definition) is 1. The zero-order chi connectivity index (χ0) is 9.97. The lowest BCUT2D eigenvalue weighted by molar-refractivity contribution is 0.638. The molecule has 0 heterocycles. The average molecular weight is 275 g/mol. The quantitative estimate of drug-likeness (QED) is 0.884. The molecule has 1 N–H and O–H groups in total. The maximum atomic E-state index is 6.14. The lowest BCUT2D eigenvalue weighted by atomic mass is 10.2. The minimum Gasteiger partial charge on any atom is -0.312 e. The van der Waals surface area contributed by atoms with Gasteiger partial charge >= 0.3 is 0 Å². The molecule has 3 heteroatoms. The molecule has 2 rings (SSSR count). The molecular weight excluding hydrogens is 261 g/mol. The summed E-state index contributed by atoms with van der Waals surface area (Å²) in [4.78, 5) is 0. The molecule has 1 aromatic rings. The highest BCUT2D eigenvalue weighted by atomic mass is 79.9. The summed E-state index contributed by atoms with van der Waals surface area (Å²) < 4.78 is 0.977. The van der Waals surface area contributed by atoms with Crippen LogP contribution in [0.25, 0.3) is 0 Å². The minimum atomic E-state index is 0.829. The molecule has 1 nitrogen and oxygen atoms in total. The minimum absolute atomic E-state index is 0.829. The van der Waals surface area contributed by atoms with Gasteiger partial charge in [-0.25, -0.2) is 0 Å². The molecule has 1 aliphatic carbocycles. The normalized spacial score (nSPS) is 15.9. The van der Waals surface area contributed by atoms with Crippen molar-refractivity contribution in [3.8, 4) is 0 Å². The lowest BCUT2D eigenvalue weighted by Crippen LogP contribution is -2.16. The molecule has 0 unspecified atom stereocenters. The Bertz CT molecular complexity index is 323. The summed E-state index contributed by atoms with van der Waals surface area (Å²) in [6, 6.07) is 6.05. The lowest BCUT2D eigenvalue weighted by Gasteiger charge is -2.06. The Labute approximate surface area is 98.0 Å². The van der Waals surface area contributed by atoms with Gasteiger partial charge in [-0.15, -0.1) is 0 Å². The van der Waals surface area contributed by atoms with Gasteiger partial charge in [-0.2, -0.15) is 0 Å². The molecule has 1 fully saturated rings. The largest absolute Gasteiger partial charge is 0.312 e. The van der Waals surface area contributed by atoms with Crippen LogP contribution >= 0.6 is 27.5 Å². The molecule has 0 aliphatic heterocycles. The van der Waals surface area contributed by atoms with E-state index in [9.17, 15) is 0 Å². The fourth-order valence-corrected chi connectivity index (χ4v) is 2.02. The molecule has 14 heavy (non-hydrogen) atoms. The van der Waals surface area contributed by atoms with E-state index in [1.54, 1.807) is 0 Å². The van der Waals surface area contributed by atoms with Crippen molar-refractivity contribution in [3.63, 3.8) is 0 Å². The molecule has 1 aromatic carbocycles. The highest BCUT2D eigenvalue weighted by Gasteiger charge is 2.20. The molecule has 76 valence electrons. The Balaban J connectivity index is 1.90. The van der Waals surface area contributed by atoms with Crippen LogP contribution < -0.4 is 5.32 Å². The van der Waals surface area contributed by atoms with E-state index in [2.05, 4.69) is 27.3 Å². The van der Waals surface area contributed by atoms with Gasteiger partial charge in [-0.05, 0) is 52.9 Å². The summed E-state index contributed by atoms with van der Waals surface area (Å²) in [6.07, 6.45) is 2.78. The van der Waals surface area contributed by atoms with Gasteiger partial charge in [0.15, 0.2) is 0 Å². The second-order valence-corrected chi connectivity index (χ2v) is 5.02. The fourth-order valence-electron chi connectivity index (χ4n) is 1.42. The first-order valence-corrected chi connectivity index (χ1v) is 6.08. The van der Waals surface area contributed by atoms with E-state index >= 15 is 0 Å². The molecular formula is C11H13BrClN. The smallest absolute Gasteiger partial charge is 0.0592 e. The van der Waals surface area contributed by atoms with Crippen LogP contribution in [0.15, 0.2) is 22.7 Å². The maximum absolute atomic E-state index is 6.14. The SMILES string of the molecule is Clc1c(Br)cccc1CNCC1CC1. The van der Waals surface area contributed by atoms with Crippen molar-refractivity contribution in [2.24, 2.45) is 5.92 Å². The van der Waals surface area contributed by atoms with Crippen LogP contribution in [0.3, 0.4) is 0 Å². The van der Waals surface area contributed by atoms with E-state index in [4.69, 9.17) is 11.6 Å². The second kappa shape index (κ2) is 4.65. The van der Waals surface area contributed by atoms with Gasteiger partial charge in [0.05, 0.1) is 5.02 Å². The van der Waals surface area contributed by atoms with E-state index in [-0.39, 0.29) is 0 Å². The molecule has 0 amide bonds. The summed E-state index contributed by atoms with van der Waals surface area (Å²) in [5, 5.41) is 4.26. The van der Waals surface area contributed by atoms with Gasteiger partial charge in [0.1, 0.15) is 0 Å². The number of benzene rings is 1. The highest BCUT2D eigenvalue weighted by Crippen LogP contribution is 2.28. The van der Waals surface area contributed by atoms with Gasteiger partial charge < -0.3 is 5.32 Å². The van der Waals surface area contributed by atoms with E-state index in [0.29, 0.717) is 0 Å². The van der Waals surface area contributed by atoms with Crippen LogP contribution in [0.1, 0.15) is 18.4 Å². The standard InChI is InChI=1S/C11H13BrClN/c12-10-3-1-2-9(11(10)13)7-14-6-8-4-5-8/h1-3,8,14H,4-7H2. The molecule has 0 spiro atoms. The monoisotopic (exact) mass is 273 g/mol. The Morgan fingerprint density at radius 3 is 2.93 bits per heavy atom. The van der Waals surface area contributed by atoms with Gasteiger partial charge in [-0.3, -0.25) is 0 Å². The van der Waals surface area contributed by atoms with E-state index in [1.165, 1.54) is 18.4 Å². The predicted octanol–water partition coefficient (Wildman–Crippen LogP) is 3.60.